The fourth-order valence-corrected chi connectivity index (χ4v) is 4.51. The molecule has 33 heavy (non-hydrogen) atoms. The van der Waals surface area contributed by atoms with Crippen LogP contribution in [0.3, 0.4) is 0 Å². The molecule has 7 nitrogen and oxygen atoms in total. The van der Waals surface area contributed by atoms with E-state index in [2.05, 4.69) is 61.4 Å². The third-order valence-electron chi connectivity index (χ3n) is 6.55. The highest BCUT2D eigenvalue weighted by Crippen LogP contribution is 2.22. The molecule has 7 heteroatoms. The van der Waals surface area contributed by atoms with E-state index in [0.717, 1.165) is 70.1 Å². The molecule has 0 unspecified atom stereocenters. The molecule has 1 N–H and O–H groups in total. The number of hydrogen-bond acceptors (Lipinski definition) is 5. The van der Waals surface area contributed by atoms with Crippen LogP contribution in [0.5, 0.6) is 0 Å². The van der Waals surface area contributed by atoms with Crippen molar-refractivity contribution in [3.8, 4) is 0 Å². The Morgan fingerprint density at radius 3 is 2.58 bits per heavy atom. The molecule has 0 atom stereocenters. The summed E-state index contributed by atoms with van der Waals surface area (Å²) in [5, 5.41) is 3.08. The third-order valence-corrected chi connectivity index (χ3v) is 6.55. The average molecular weight is 449 g/mol. The molecule has 0 radical (unpaired) electrons. The van der Waals surface area contributed by atoms with E-state index < -0.39 is 0 Å². The number of fused-ring (bicyclic) bond motifs is 1. The summed E-state index contributed by atoms with van der Waals surface area (Å²) in [7, 11) is 0. The van der Waals surface area contributed by atoms with Crippen LogP contribution in [0.2, 0.25) is 0 Å². The summed E-state index contributed by atoms with van der Waals surface area (Å²) < 4.78 is 2.15. The Morgan fingerprint density at radius 1 is 1.06 bits per heavy atom. The lowest BCUT2D eigenvalue weighted by Crippen LogP contribution is -2.46. The van der Waals surface area contributed by atoms with Crippen molar-refractivity contribution in [3.05, 3.63) is 66.1 Å². The van der Waals surface area contributed by atoms with E-state index in [-0.39, 0.29) is 5.91 Å². The number of carbonyl (C=O) groups excluding carboxylic acids is 1. The first-order valence-corrected chi connectivity index (χ1v) is 12.2. The van der Waals surface area contributed by atoms with E-state index in [0.29, 0.717) is 12.1 Å². The molecule has 0 spiro atoms. The predicted octanol–water partition coefficient (Wildman–Crippen LogP) is 3.12. The number of rotatable bonds is 10. The molecule has 4 rings (SSSR count). The molecular formula is C26H36N6O. The number of amides is 1. The van der Waals surface area contributed by atoms with Gasteiger partial charge in [0, 0.05) is 63.4 Å². The number of nitrogens with zero attached hydrogens (tertiary/aromatic N) is 5. The van der Waals surface area contributed by atoms with Crippen LogP contribution < -0.4 is 10.2 Å². The predicted molar refractivity (Wildman–Crippen MR) is 134 cm³/mol. The molecular weight excluding hydrogens is 412 g/mol. The van der Waals surface area contributed by atoms with Crippen LogP contribution in [-0.2, 0) is 6.54 Å². The van der Waals surface area contributed by atoms with Gasteiger partial charge in [-0.1, -0.05) is 19.9 Å². The number of pyridine rings is 2. The first kappa shape index (κ1) is 23.3. The number of hydrogen-bond donors (Lipinski definition) is 1. The maximum absolute atomic E-state index is 12.7. The maximum atomic E-state index is 12.7. The van der Waals surface area contributed by atoms with Gasteiger partial charge in [-0.05, 0) is 62.0 Å². The molecule has 3 aromatic rings. The van der Waals surface area contributed by atoms with E-state index in [1.54, 1.807) is 0 Å². The summed E-state index contributed by atoms with van der Waals surface area (Å²) in [5.41, 5.74) is 3.07. The second-order valence-corrected chi connectivity index (χ2v) is 8.66. The van der Waals surface area contributed by atoms with Crippen LogP contribution in [-0.4, -0.2) is 77.4 Å². The summed E-state index contributed by atoms with van der Waals surface area (Å²) in [4.78, 5) is 24.2. The smallest absolute Gasteiger partial charge is 0.252 e. The van der Waals surface area contributed by atoms with E-state index in [9.17, 15) is 4.79 Å². The number of piperazine rings is 1. The molecule has 1 saturated heterocycles. The fourth-order valence-electron chi connectivity index (χ4n) is 4.51. The van der Waals surface area contributed by atoms with Gasteiger partial charge >= 0.3 is 0 Å². The number of aromatic nitrogens is 2. The number of anilines is 1. The van der Waals surface area contributed by atoms with Gasteiger partial charge in [-0.25, -0.2) is 0 Å². The molecule has 0 aliphatic carbocycles. The van der Waals surface area contributed by atoms with Crippen molar-refractivity contribution in [1.82, 2.24) is 24.5 Å². The monoisotopic (exact) mass is 448 g/mol. The van der Waals surface area contributed by atoms with Gasteiger partial charge < -0.3 is 19.5 Å². The lowest BCUT2D eigenvalue weighted by molar-refractivity contribution is 0.0951. The van der Waals surface area contributed by atoms with Gasteiger partial charge in [-0.15, -0.1) is 0 Å². The molecule has 0 saturated carbocycles. The highest BCUT2D eigenvalue weighted by Gasteiger charge is 2.20. The summed E-state index contributed by atoms with van der Waals surface area (Å²) >= 11 is 0. The van der Waals surface area contributed by atoms with Crippen LogP contribution in [0, 0.1) is 0 Å². The van der Waals surface area contributed by atoms with Gasteiger partial charge in [0.2, 0.25) is 0 Å². The molecule has 1 aliphatic rings. The molecule has 4 heterocycles. The van der Waals surface area contributed by atoms with E-state index in [1.165, 1.54) is 5.56 Å². The van der Waals surface area contributed by atoms with Gasteiger partial charge in [0.15, 0.2) is 0 Å². The minimum atomic E-state index is -0.00242. The third kappa shape index (κ3) is 5.92. The van der Waals surface area contributed by atoms with Gasteiger partial charge in [0.25, 0.3) is 5.91 Å². The SMILES string of the molecule is CCN(CC)CCCNC(=O)c1ccc2ccc(N3CCN(Cc4cccnc4)CC3)n2c1. The van der Waals surface area contributed by atoms with Crippen LogP contribution in [0.15, 0.2) is 55.0 Å². The van der Waals surface area contributed by atoms with E-state index >= 15 is 0 Å². The number of nitrogens with one attached hydrogen (secondary N) is 1. The Hall–Kier alpha value is -2.90. The van der Waals surface area contributed by atoms with Crippen molar-refractivity contribution in [2.45, 2.75) is 26.8 Å². The second kappa shape index (κ2) is 11.3. The van der Waals surface area contributed by atoms with Gasteiger partial charge in [0.1, 0.15) is 5.82 Å². The molecule has 0 aromatic carbocycles. The van der Waals surface area contributed by atoms with Crippen molar-refractivity contribution in [3.63, 3.8) is 0 Å². The first-order valence-electron chi connectivity index (χ1n) is 12.2. The summed E-state index contributed by atoms with van der Waals surface area (Å²) in [5.74, 6) is 1.15. The lowest BCUT2D eigenvalue weighted by Gasteiger charge is -2.35. The first-order chi connectivity index (χ1) is 16.2. The van der Waals surface area contributed by atoms with Crippen molar-refractivity contribution >= 4 is 17.2 Å². The van der Waals surface area contributed by atoms with E-state index in [1.807, 2.05) is 36.8 Å². The Morgan fingerprint density at radius 2 is 1.85 bits per heavy atom. The summed E-state index contributed by atoms with van der Waals surface area (Å²) in [6, 6.07) is 12.4. The fraction of sp³-hybridized carbons (Fsp3) is 0.462. The van der Waals surface area contributed by atoms with Crippen molar-refractivity contribution in [1.29, 1.82) is 0 Å². The number of carbonyl (C=O) groups is 1. The van der Waals surface area contributed by atoms with Crippen molar-refractivity contribution in [2.75, 3.05) is 57.3 Å². The second-order valence-electron chi connectivity index (χ2n) is 8.66. The molecule has 1 fully saturated rings. The molecule has 1 aliphatic heterocycles. The normalized spacial score (nSPS) is 14.8. The standard InChI is InChI=1S/C26H36N6O/c1-3-29(4-2)14-6-13-28-26(33)23-8-9-24-10-11-25(32(24)21-23)31-17-15-30(16-18-31)20-22-7-5-12-27-19-22/h5,7-12,19,21H,3-4,6,13-18,20H2,1-2H3,(H,28,33). The van der Waals surface area contributed by atoms with Gasteiger partial charge in [0.05, 0.1) is 5.56 Å². The van der Waals surface area contributed by atoms with Crippen molar-refractivity contribution < 1.29 is 4.79 Å². The summed E-state index contributed by atoms with van der Waals surface area (Å²) in [6.07, 6.45) is 6.71. The molecule has 176 valence electrons. The van der Waals surface area contributed by atoms with Crippen molar-refractivity contribution in [2.24, 2.45) is 0 Å². The average Bonchev–Trinajstić information content (AvgIpc) is 3.28. The van der Waals surface area contributed by atoms with Crippen LogP contribution in [0.25, 0.3) is 5.52 Å². The largest absolute Gasteiger partial charge is 0.355 e. The topological polar surface area (TPSA) is 56.1 Å². The van der Waals surface area contributed by atoms with Crippen LogP contribution >= 0.6 is 0 Å². The minimum absolute atomic E-state index is 0.00242. The Kier molecular flexibility index (Phi) is 7.96. The zero-order valence-electron chi connectivity index (χ0n) is 19.9. The quantitative estimate of drug-likeness (QED) is 0.483. The van der Waals surface area contributed by atoms with E-state index in [4.69, 9.17) is 0 Å². The molecule has 0 bridgehead atoms. The molecule has 3 aromatic heterocycles. The maximum Gasteiger partial charge on any atom is 0.252 e. The Bertz CT molecular complexity index is 1020. The Balaban J connectivity index is 1.34. The summed E-state index contributed by atoms with van der Waals surface area (Å²) in [6.45, 7) is 13.1. The van der Waals surface area contributed by atoms with Crippen LogP contribution in [0.4, 0.5) is 5.82 Å². The minimum Gasteiger partial charge on any atom is -0.355 e. The van der Waals surface area contributed by atoms with Gasteiger partial charge in [-0.3, -0.25) is 14.7 Å². The highest BCUT2D eigenvalue weighted by atomic mass is 16.1. The molecule has 1 amide bonds. The Labute approximate surface area is 197 Å². The van der Waals surface area contributed by atoms with Gasteiger partial charge in [-0.2, -0.15) is 0 Å². The zero-order chi connectivity index (χ0) is 23.0. The zero-order valence-corrected chi connectivity index (χ0v) is 19.9. The lowest BCUT2D eigenvalue weighted by atomic mass is 10.2. The van der Waals surface area contributed by atoms with Crippen LogP contribution in [0.1, 0.15) is 36.2 Å². The highest BCUT2D eigenvalue weighted by molar-refractivity contribution is 5.94.